The number of rotatable bonds is 7. The van der Waals surface area contributed by atoms with E-state index in [-0.39, 0.29) is 18.4 Å². The number of likely N-dealkylation sites (tertiary alicyclic amines) is 1. The predicted molar refractivity (Wildman–Crippen MR) is 121 cm³/mol. The quantitative estimate of drug-likeness (QED) is 0.457. The lowest BCUT2D eigenvalue weighted by atomic mass is 10.1. The number of thiophene rings is 1. The molecule has 1 amide bonds. The normalized spacial score (nSPS) is 17.1. The van der Waals surface area contributed by atoms with E-state index in [9.17, 15) is 22.4 Å². The molecular weight excluding hydrogens is 474 g/mol. The minimum atomic E-state index is -4.22. The van der Waals surface area contributed by atoms with Crippen molar-refractivity contribution in [2.75, 3.05) is 25.0 Å². The number of benzene rings is 1. The highest BCUT2D eigenvalue weighted by Gasteiger charge is 2.30. The van der Waals surface area contributed by atoms with E-state index in [0.717, 1.165) is 11.3 Å². The number of carbonyl (C=O) groups excluding carboxylic acids is 1. The average molecular weight is 498 g/mol. The molecule has 0 unspecified atom stereocenters. The van der Waals surface area contributed by atoms with E-state index >= 15 is 0 Å². The van der Waals surface area contributed by atoms with E-state index in [0.29, 0.717) is 58.1 Å². The number of aryl methyl sites for hydroxylation is 1. The molecule has 7 nitrogen and oxygen atoms in total. The maximum absolute atomic E-state index is 14.1. The maximum Gasteiger partial charge on any atom is 0.390 e. The van der Waals surface area contributed by atoms with Crippen LogP contribution in [0.4, 0.5) is 29.1 Å². The molecule has 0 aliphatic carbocycles. The molecule has 3 heterocycles. The topological polar surface area (TPSA) is 93.4 Å². The van der Waals surface area contributed by atoms with Gasteiger partial charge in [-0.25, -0.2) is 14.4 Å². The number of nitrogens with zero attached hydrogens (tertiary/aromatic N) is 3. The third kappa shape index (κ3) is 5.55. The van der Waals surface area contributed by atoms with E-state index in [1.165, 1.54) is 24.5 Å². The van der Waals surface area contributed by atoms with Gasteiger partial charge in [0.1, 0.15) is 34.6 Å². The molecule has 34 heavy (non-hydrogen) atoms. The molecule has 0 spiro atoms. The Kier molecular flexibility index (Phi) is 6.89. The molecule has 1 aliphatic heterocycles. The Labute approximate surface area is 196 Å². The lowest BCUT2D eigenvalue weighted by Gasteiger charge is -2.33. The third-order valence-corrected chi connectivity index (χ3v) is 6.83. The number of ether oxygens (including phenoxy) is 1. The second-order valence-electron chi connectivity index (χ2n) is 8.14. The maximum atomic E-state index is 14.1. The third-order valence-electron chi connectivity index (χ3n) is 5.61. The van der Waals surface area contributed by atoms with E-state index in [1.54, 1.807) is 11.8 Å². The number of halogens is 4. The van der Waals surface area contributed by atoms with Crippen LogP contribution in [0, 0.1) is 12.7 Å². The average Bonchev–Trinajstić information content (AvgIpc) is 3.12. The summed E-state index contributed by atoms with van der Waals surface area (Å²) in [7, 11) is 0. The minimum absolute atomic E-state index is 0.101. The van der Waals surface area contributed by atoms with Crippen molar-refractivity contribution in [3.63, 3.8) is 0 Å². The first kappa shape index (κ1) is 24.1. The minimum Gasteiger partial charge on any atom is -0.487 e. The Morgan fingerprint density at radius 3 is 2.88 bits per heavy atom. The molecule has 1 fully saturated rings. The molecule has 1 aromatic carbocycles. The van der Waals surface area contributed by atoms with Crippen molar-refractivity contribution in [1.29, 1.82) is 0 Å². The molecule has 2 aromatic heterocycles. The number of primary amides is 1. The van der Waals surface area contributed by atoms with Crippen LogP contribution in [0.25, 0.3) is 10.2 Å². The second-order valence-corrected chi connectivity index (χ2v) is 9.14. The number of anilines is 2. The molecule has 1 aliphatic rings. The molecule has 1 saturated heterocycles. The molecule has 0 radical (unpaired) electrons. The van der Waals surface area contributed by atoms with Gasteiger partial charge in [0.2, 0.25) is 0 Å². The van der Waals surface area contributed by atoms with Gasteiger partial charge in [-0.1, -0.05) is 0 Å². The first-order valence-electron chi connectivity index (χ1n) is 10.7. The summed E-state index contributed by atoms with van der Waals surface area (Å²) in [6, 6.07) is 3.99. The van der Waals surface area contributed by atoms with Gasteiger partial charge < -0.3 is 15.8 Å². The van der Waals surface area contributed by atoms with Crippen LogP contribution in [0.2, 0.25) is 0 Å². The van der Waals surface area contributed by atoms with E-state index in [4.69, 9.17) is 10.5 Å². The number of piperidine rings is 1. The highest BCUT2D eigenvalue weighted by Crippen LogP contribution is 2.37. The number of hydrogen-bond acceptors (Lipinski definition) is 7. The zero-order valence-electron chi connectivity index (χ0n) is 18.3. The number of fused-ring (bicyclic) bond motifs is 1. The highest BCUT2D eigenvalue weighted by molar-refractivity contribution is 7.20. The van der Waals surface area contributed by atoms with Crippen LogP contribution in [0.5, 0.6) is 5.75 Å². The Hall–Kier alpha value is -2.99. The standard InChI is InChI=1S/C22H23F4N5O2S/c1-12-17-20(28-11-29-21(17)34-18(12)19(27)32)30-15-5-4-13(23)9-16(15)33-14-3-2-7-31(10-14)8-6-22(24,25)26/h4-5,9,11,14H,2-3,6-8,10H2,1H3,(H2,27,32)(H,28,29,30)/t14-/m0/s1. The Morgan fingerprint density at radius 1 is 1.35 bits per heavy atom. The van der Waals surface area contributed by atoms with E-state index < -0.39 is 24.3 Å². The van der Waals surface area contributed by atoms with Crippen molar-refractivity contribution in [3.05, 3.63) is 40.8 Å². The van der Waals surface area contributed by atoms with E-state index in [1.807, 2.05) is 0 Å². The number of nitrogens with one attached hydrogen (secondary N) is 1. The van der Waals surface area contributed by atoms with Gasteiger partial charge in [-0.2, -0.15) is 13.2 Å². The number of amides is 1. The second kappa shape index (κ2) is 9.71. The predicted octanol–water partition coefficient (Wildman–Crippen LogP) is 4.78. The fourth-order valence-electron chi connectivity index (χ4n) is 4.00. The molecule has 12 heteroatoms. The lowest BCUT2D eigenvalue weighted by Crippen LogP contribution is -2.42. The largest absolute Gasteiger partial charge is 0.487 e. The Balaban J connectivity index is 1.56. The van der Waals surface area contributed by atoms with Crippen LogP contribution in [0.1, 0.15) is 34.5 Å². The molecule has 0 bridgehead atoms. The first-order chi connectivity index (χ1) is 16.1. The molecule has 3 aromatic rings. The van der Waals surface area contributed by atoms with Gasteiger partial charge in [-0.05, 0) is 44.0 Å². The van der Waals surface area contributed by atoms with Crippen LogP contribution in [-0.2, 0) is 0 Å². The van der Waals surface area contributed by atoms with Crippen molar-refractivity contribution in [2.24, 2.45) is 5.73 Å². The van der Waals surface area contributed by atoms with Crippen LogP contribution in [0.15, 0.2) is 24.5 Å². The summed E-state index contributed by atoms with van der Waals surface area (Å²) in [6.45, 7) is 2.52. The van der Waals surface area contributed by atoms with Gasteiger partial charge in [0, 0.05) is 19.2 Å². The van der Waals surface area contributed by atoms with Crippen LogP contribution < -0.4 is 15.8 Å². The summed E-state index contributed by atoms with van der Waals surface area (Å²) in [5, 5.41) is 3.75. The molecule has 182 valence electrons. The summed E-state index contributed by atoms with van der Waals surface area (Å²) in [6.07, 6.45) is -2.83. The smallest absolute Gasteiger partial charge is 0.390 e. The molecule has 1 atom stereocenters. The van der Waals surface area contributed by atoms with Crippen LogP contribution in [0.3, 0.4) is 0 Å². The monoisotopic (exact) mass is 497 g/mol. The van der Waals surface area contributed by atoms with Gasteiger partial charge >= 0.3 is 6.18 Å². The molecular formula is C22H23F4N5O2S. The van der Waals surface area contributed by atoms with E-state index in [2.05, 4.69) is 15.3 Å². The van der Waals surface area contributed by atoms with Gasteiger partial charge in [-0.3, -0.25) is 9.69 Å². The van der Waals surface area contributed by atoms with Crippen molar-refractivity contribution in [1.82, 2.24) is 14.9 Å². The fourth-order valence-corrected chi connectivity index (χ4v) is 5.00. The van der Waals surface area contributed by atoms with Crippen LogP contribution in [-0.4, -0.2) is 52.7 Å². The Bertz CT molecular complexity index is 1200. The number of alkyl halides is 3. The molecule has 3 N–H and O–H groups in total. The van der Waals surface area contributed by atoms with Gasteiger partial charge in [-0.15, -0.1) is 11.3 Å². The number of nitrogens with two attached hydrogens (primary N) is 1. The Morgan fingerprint density at radius 2 is 2.15 bits per heavy atom. The molecule has 0 saturated carbocycles. The van der Waals surface area contributed by atoms with Gasteiger partial charge in [0.15, 0.2) is 0 Å². The summed E-state index contributed by atoms with van der Waals surface area (Å²) >= 11 is 1.16. The number of carbonyl (C=O) groups is 1. The zero-order valence-corrected chi connectivity index (χ0v) is 19.1. The van der Waals surface area contributed by atoms with Crippen LogP contribution >= 0.6 is 11.3 Å². The van der Waals surface area contributed by atoms with Crippen molar-refractivity contribution < 1.29 is 27.1 Å². The number of hydrogen-bond donors (Lipinski definition) is 2. The summed E-state index contributed by atoms with van der Waals surface area (Å²) in [5.74, 6) is -0.457. The SMILES string of the molecule is Cc1c(C(N)=O)sc2ncnc(Nc3ccc(F)cc3O[C@H]3CCCN(CCC(F)(F)F)C3)c12. The zero-order chi connectivity index (χ0) is 24.5. The lowest BCUT2D eigenvalue weighted by molar-refractivity contribution is -0.139. The van der Waals surface area contributed by atoms with Crippen molar-refractivity contribution >= 4 is 39.0 Å². The first-order valence-corrected chi connectivity index (χ1v) is 11.5. The summed E-state index contributed by atoms with van der Waals surface area (Å²) in [4.78, 5) is 22.9. The van der Waals surface area contributed by atoms with Gasteiger partial charge in [0.25, 0.3) is 5.91 Å². The van der Waals surface area contributed by atoms with Crippen molar-refractivity contribution in [2.45, 2.75) is 38.5 Å². The fraction of sp³-hybridized carbons (Fsp3) is 0.409. The highest BCUT2D eigenvalue weighted by atomic mass is 32.1. The number of aromatic nitrogens is 2. The molecule has 4 rings (SSSR count). The summed E-state index contributed by atoms with van der Waals surface area (Å²) in [5.41, 5.74) is 6.52. The van der Waals surface area contributed by atoms with Gasteiger partial charge in [0.05, 0.1) is 22.4 Å². The van der Waals surface area contributed by atoms with Crippen molar-refractivity contribution in [3.8, 4) is 5.75 Å². The summed E-state index contributed by atoms with van der Waals surface area (Å²) < 4.78 is 57.9.